The summed E-state index contributed by atoms with van der Waals surface area (Å²) >= 11 is 1.85. The summed E-state index contributed by atoms with van der Waals surface area (Å²) < 4.78 is 4.78. The largest absolute Gasteiger partial charge is 0.278 e. The van der Waals surface area contributed by atoms with E-state index in [-0.39, 0.29) is 0 Å². The quantitative estimate of drug-likeness (QED) is 0.185. The number of hydrogen-bond acceptors (Lipinski definition) is 4. The fourth-order valence-electron chi connectivity index (χ4n) is 7.19. The van der Waals surface area contributed by atoms with Crippen LogP contribution in [0.25, 0.3) is 92.7 Å². The fourth-order valence-corrected chi connectivity index (χ4v) is 8.42. The highest BCUT2D eigenvalue weighted by Gasteiger charge is 2.17. The molecule has 0 aliphatic rings. The Hall–Kier alpha value is -6.43. The monoisotopic (exact) mass is 656 g/mol. The van der Waals surface area contributed by atoms with Crippen molar-refractivity contribution in [3.63, 3.8) is 0 Å². The Morgan fingerprint density at radius 3 is 1.94 bits per heavy atom. The summed E-state index contributed by atoms with van der Waals surface area (Å²) in [6, 6.07) is 58.1. The van der Waals surface area contributed by atoms with Gasteiger partial charge in [-0.2, -0.15) is 4.98 Å². The summed E-state index contributed by atoms with van der Waals surface area (Å²) in [5.41, 5.74) is 10.1. The first-order valence-electron chi connectivity index (χ1n) is 16.7. The van der Waals surface area contributed by atoms with Crippen LogP contribution < -0.4 is 0 Å². The predicted molar refractivity (Wildman–Crippen MR) is 209 cm³/mol. The minimum Gasteiger partial charge on any atom is -0.278 e. The smallest absolute Gasteiger partial charge is 0.238 e. The highest BCUT2D eigenvalue weighted by Crippen LogP contribution is 2.41. The van der Waals surface area contributed by atoms with Gasteiger partial charge in [-0.1, -0.05) is 140 Å². The van der Waals surface area contributed by atoms with Gasteiger partial charge in [-0.3, -0.25) is 4.57 Å². The molecule has 0 saturated heterocycles. The zero-order chi connectivity index (χ0) is 33.0. The predicted octanol–water partition coefficient (Wildman–Crippen LogP) is 12.0. The second-order valence-corrected chi connectivity index (χ2v) is 13.6. The number of thiophene rings is 1. The number of para-hydroxylation sites is 1. The molecule has 7 aromatic carbocycles. The molecule has 0 saturated carbocycles. The van der Waals surface area contributed by atoms with Crippen molar-refractivity contribution in [1.82, 2.24) is 19.5 Å². The zero-order valence-electron chi connectivity index (χ0n) is 26.9. The highest BCUT2D eigenvalue weighted by molar-refractivity contribution is 7.26. The molecule has 0 N–H and O–H groups in total. The van der Waals surface area contributed by atoms with Gasteiger partial charge in [0, 0.05) is 36.5 Å². The zero-order valence-corrected chi connectivity index (χ0v) is 27.7. The van der Waals surface area contributed by atoms with E-state index in [2.05, 4.69) is 167 Å². The maximum absolute atomic E-state index is 5.10. The molecule has 0 aliphatic heterocycles. The summed E-state index contributed by atoms with van der Waals surface area (Å²) in [5, 5.41) is 4.92. The Labute approximate surface area is 292 Å². The van der Waals surface area contributed by atoms with Gasteiger partial charge in [0.15, 0.2) is 5.82 Å². The van der Waals surface area contributed by atoms with E-state index in [0.29, 0.717) is 11.8 Å². The van der Waals surface area contributed by atoms with Gasteiger partial charge in [-0.05, 0) is 57.6 Å². The molecule has 10 rings (SSSR count). The average molecular weight is 657 g/mol. The van der Waals surface area contributed by atoms with Crippen LogP contribution in [0, 0.1) is 0 Å². The minimum atomic E-state index is 0.594. The minimum absolute atomic E-state index is 0.594. The van der Waals surface area contributed by atoms with Crippen molar-refractivity contribution in [3.05, 3.63) is 170 Å². The lowest BCUT2D eigenvalue weighted by Crippen LogP contribution is -2.03. The van der Waals surface area contributed by atoms with E-state index in [9.17, 15) is 0 Å². The third-order valence-corrected chi connectivity index (χ3v) is 10.8. The Kier molecular flexibility index (Phi) is 6.64. The first kappa shape index (κ1) is 28.6. The van der Waals surface area contributed by atoms with Crippen LogP contribution in [-0.2, 0) is 0 Å². The van der Waals surface area contributed by atoms with E-state index in [1.165, 1.54) is 42.4 Å². The number of fused-ring (bicyclic) bond motifs is 6. The second-order valence-electron chi connectivity index (χ2n) is 12.5. The van der Waals surface area contributed by atoms with Gasteiger partial charge in [0.1, 0.15) is 6.33 Å². The maximum atomic E-state index is 5.10. The standard InChI is InChI=1S/C45H28N4S/c1-2-10-29(11-3-1)30-20-22-31(23-21-30)32-12-8-13-34(26-32)44-46-28-47-45(48-44)49-40-18-6-4-14-36(40)37-25-24-33(27-41(37)49)35-16-9-17-39-38-15-5-7-19-42(38)50-43(35)39/h1-28H. The first-order chi connectivity index (χ1) is 24.8. The van der Waals surface area contributed by atoms with E-state index < -0.39 is 0 Å². The van der Waals surface area contributed by atoms with Crippen molar-refractivity contribution in [2.24, 2.45) is 0 Å². The van der Waals surface area contributed by atoms with Crippen molar-refractivity contribution in [3.8, 4) is 50.7 Å². The van der Waals surface area contributed by atoms with Crippen LogP contribution in [0.5, 0.6) is 0 Å². The van der Waals surface area contributed by atoms with Gasteiger partial charge in [0.25, 0.3) is 0 Å². The van der Waals surface area contributed by atoms with Gasteiger partial charge in [0.2, 0.25) is 5.95 Å². The lowest BCUT2D eigenvalue weighted by molar-refractivity contribution is 0.947. The van der Waals surface area contributed by atoms with Gasteiger partial charge in [-0.25, -0.2) is 9.97 Å². The van der Waals surface area contributed by atoms with Crippen LogP contribution in [0.4, 0.5) is 0 Å². The number of benzene rings is 7. The second kappa shape index (κ2) is 11.6. The molecule has 0 radical (unpaired) electrons. The Morgan fingerprint density at radius 2 is 1.06 bits per heavy atom. The van der Waals surface area contributed by atoms with Gasteiger partial charge in [-0.15, -0.1) is 11.3 Å². The summed E-state index contributed by atoms with van der Waals surface area (Å²) in [6.07, 6.45) is 1.63. The number of nitrogens with zero attached hydrogens (tertiary/aromatic N) is 4. The first-order valence-corrected chi connectivity index (χ1v) is 17.5. The molecule has 3 heterocycles. The van der Waals surface area contributed by atoms with Crippen molar-refractivity contribution in [2.75, 3.05) is 0 Å². The lowest BCUT2D eigenvalue weighted by atomic mass is 9.99. The van der Waals surface area contributed by atoms with Crippen molar-refractivity contribution >= 4 is 53.3 Å². The lowest BCUT2D eigenvalue weighted by Gasteiger charge is -2.10. The molecule has 5 heteroatoms. The van der Waals surface area contributed by atoms with E-state index >= 15 is 0 Å². The van der Waals surface area contributed by atoms with Crippen LogP contribution >= 0.6 is 11.3 Å². The third-order valence-electron chi connectivity index (χ3n) is 9.59. The Bertz CT molecular complexity index is 2870. The summed E-state index contributed by atoms with van der Waals surface area (Å²) in [5.74, 6) is 1.23. The Balaban J connectivity index is 1.08. The molecular formula is C45H28N4S. The molecule has 234 valence electrons. The van der Waals surface area contributed by atoms with Gasteiger partial charge in [0.05, 0.1) is 11.0 Å². The molecule has 0 atom stereocenters. The average Bonchev–Trinajstić information content (AvgIpc) is 3.74. The van der Waals surface area contributed by atoms with Crippen LogP contribution in [0.2, 0.25) is 0 Å². The van der Waals surface area contributed by atoms with Gasteiger partial charge >= 0.3 is 0 Å². The van der Waals surface area contributed by atoms with Crippen molar-refractivity contribution < 1.29 is 0 Å². The summed E-state index contributed by atoms with van der Waals surface area (Å²) in [4.78, 5) is 14.5. The van der Waals surface area contributed by atoms with Crippen LogP contribution in [0.1, 0.15) is 0 Å². The molecule has 0 amide bonds. The van der Waals surface area contributed by atoms with Crippen molar-refractivity contribution in [2.45, 2.75) is 0 Å². The summed E-state index contributed by atoms with van der Waals surface area (Å²) in [6.45, 7) is 0. The van der Waals surface area contributed by atoms with E-state index in [1.54, 1.807) is 6.33 Å². The van der Waals surface area contributed by atoms with E-state index in [0.717, 1.165) is 38.5 Å². The van der Waals surface area contributed by atoms with E-state index in [4.69, 9.17) is 9.97 Å². The molecule has 0 fully saturated rings. The van der Waals surface area contributed by atoms with Crippen LogP contribution in [0.15, 0.2) is 170 Å². The topological polar surface area (TPSA) is 43.6 Å². The number of aromatic nitrogens is 4. The van der Waals surface area contributed by atoms with E-state index in [1.807, 2.05) is 17.4 Å². The molecule has 50 heavy (non-hydrogen) atoms. The molecule has 10 aromatic rings. The molecule has 0 bridgehead atoms. The number of hydrogen-bond donors (Lipinski definition) is 0. The molecular weight excluding hydrogens is 629 g/mol. The highest BCUT2D eigenvalue weighted by atomic mass is 32.1. The number of rotatable bonds is 5. The summed E-state index contributed by atoms with van der Waals surface area (Å²) in [7, 11) is 0. The van der Waals surface area contributed by atoms with Gasteiger partial charge < -0.3 is 0 Å². The van der Waals surface area contributed by atoms with Crippen LogP contribution in [0.3, 0.4) is 0 Å². The SMILES string of the molecule is c1ccc(-c2ccc(-c3cccc(-c4ncnc(-n5c6ccccc6c6ccc(-c7cccc8c7sc7ccccc78)cc65)n4)c3)cc2)cc1. The maximum Gasteiger partial charge on any atom is 0.238 e. The fraction of sp³-hybridized carbons (Fsp3) is 0. The molecule has 0 unspecified atom stereocenters. The normalized spacial score (nSPS) is 11.6. The Morgan fingerprint density at radius 1 is 0.420 bits per heavy atom. The molecule has 0 spiro atoms. The molecule has 4 nitrogen and oxygen atoms in total. The van der Waals surface area contributed by atoms with Crippen molar-refractivity contribution in [1.29, 1.82) is 0 Å². The van der Waals surface area contributed by atoms with Crippen LogP contribution in [-0.4, -0.2) is 19.5 Å². The molecule has 0 aliphatic carbocycles. The third kappa shape index (κ3) is 4.71. The molecule has 3 aromatic heterocycles.